The Kier molecular flexibility index (Phi) is 4.69. The van der Waals surface area contributed by atoms with Gasteiger partial charge in [0.05, 0.1) is 0 Å². The van der Waals surface area contributed by atoms with Gasteiger partial charge in [0.1, 0.15) is 5.41 Å². The first kappa shape index (κ1) is 17.9. The molecule has 0 aliphatic rings. The minimum atomic E-state index is -1.26. The molecule has 0 aliphatic carbocycles. The number of rotatable bonds is 4. The van der Waals surface area contributed by atoms with Gasteiger partial charge in [-0.3, -0.25) is 4.79 Å². The molecule has 3 aromatic rings. The number of hydrogen-bond acceptors (Lipinski definition) is 1. The molecule has 3 aromatic carbocycles. The zero-order chi connectivity index (χ0) is 18.8. The molecule has 0 spiro atoms. The second-order valence-corrected chi connectivity index (χ2v) is 7.58. The molecule has 0 fully saturated rings. The maximum Gasteiger partial charge on any atom is 0.323 e. The lowest BCUT2D eigenvalue weighted by Gasteiger charge is -2.36. The van der Waals surface area contributed by atoms with Crippen molar-refractivity contribution in [1.29, 1.82) is 0 Å². The molecule has 0 saturated carbocycles. The van der Waals surface area contributed by atoms with Crippen LogP contribution < -0.4 is 0 Å². The third-order valence-electron chi connectivity index (χ3n) is 4.87. The summed E-state index contributed by atoms with van der Waals surface area (Å²) in [6.45, 7) is 6.36. The fraction of sp³-hybridized carbons (Fsp3) is 0.208. The summed E-state index contributed by atoms with van der Waals surface area (Å²) in [4.78, 5) is 12.9. The van der Waals surface area contributed by atoms with E-state index in [0.717, 1.165) is 22.3 Å². The van der Waals surface area contributed by atoms with Gasteiger partial charge >= 0.3 is 5.97 Å². The Bertz CT molecular complexity index is 851. The maximum absolute atomic E-state index is 12.9. The number of carboxylic acid groups (broad SMARTS) is 1. The smallest absolute Gasteiger partial charge is 0.323 e. The van der Waals surface area contributed by atoms with Crippen LogP contribution >= 0.6 is 0 Å². The lowest BCUT2D eigenvalue weighted by molar-refractivity contribution is -0.140. The van der Waals surface area contributed by atoms with Gasteiger partial charge in [-0.1, -0.05) is 106 Å². The SMILES string of the molecule is CC(C)(C)c1ccccc1C(C(=O)O)(c1ccccc1)c1ccccc1. The molecule has 0 aliphatic heterocycles. The van der Waals surface area contributed by atoms with Crippen molar-refractivity contribution in [2.75, 3.05) is 0 Å². The van der Waals surface area contributed by atoms with Gasteiger partial charge < -0.3 is 5.11 Å². The Balaban J connectivity index is 2.46. The van der Waals surface area contributed by atoms with E-state index in [2.05, 4.69) is 20.8 Å². The average molecular weight is 344 g/mol. The van der Waals surface area contributed by atoms with E-state index in [1.54, 1.807) is 0 Å². The molecular formula is C24H24O2. The first-order chi connectivity index (χ1) is 12.4. The van der Waals surface area contributed by atoms with E-state index in [9.17, 15) is 9.90 Å². The number of carboxylic acids is 1. The van der Waals surface area contributed by atoms with Crippen LogP contribution in [-0.2, 0) is 15.6 Å². The van der Waals surface area contributed by atoms with Crippen LogP contribution in [0.3, 0.4) is 0 Å². The predicted octanol–water partition coefficient (Wildman–Crippen LogP) is 5.40. The van der Waals surface area contributed by atoms with Crippen LogP contribution in [0.5, 0.6) is 0 Å². The van der Waals surface area contributed by atoms with E-state index < -0.39 is 11.4 Å². The van der Waals surface area contributed by atoms with Gasteiger partial charge in [-0.25, -0.2) is 0 Å². The molecule has 0 heterocycles. The van der Waals surface area contributed by atoms with E-state index >= 15 is 0 Å². The maximum atomic E-state index is 12.9. The van der Waals surface area contributed by atoms with Crippen LogP contribution in [0.25, 0.3) is 0 Å². The van der Waals surface area contributed by atoms with Crippen molar-refractivity contribution in [2.24, 2.45) is 0 Å². The van der Waals surface area contributed by atoms with Gasteiger partial charge in [0.2, 0.25) is 0 Å². The fourth-order valence-corrected chi connectivity index (χ4v) is 3.68. The lowest BCUT2D eigenvalue weighted by Crippen LogP contribution is -2.40. The zero-order valence-electron chi connectivity index (χ0n) is 15.4. The zero-order valence-corrected chi connectivity index (χ0v) is 15.4. The Morgan fingerprint density at radius 3 is 1.42 bits per heavy atom. The van der Waals surface area contributed by atoms with Gasteiger partial charge in [0.25, 0.3) is 0 Å². The highest BCUT2D eigenvalue weighted by Crippen LogP contribution is 2.43. The number of hydrogen-bond donors (Lipinski definition) is 1. The molecule has 26 heavy (non-hydrogen) atoms. The van der Waals surface area contributed by atoms with E-state index in [4.69, 9.17) is 0 Å². The van der Waals surface area contributed by atoms with Crippen LogP contribution in [0.15, 0.2) is 84.9 Å². The van der Waals surface area contributed by atoms with Crippen LogP contribution in [0.2, 0.25) is 0 Å². The van der Waals surface area contributed by atoms with Crippen molar-refractivity contribution in [2.45, 2.75) is 31.6 Å². The summed E-state index contributed by atoms with van der Waals surface area (Å²) in [5.41, 5.74) is 1.94. The van der Waals surface area contributed by atoms with Crippen molar-refractivity contribution in [3.05, 3.63) is 107 Å². The van der Waals surface area contributed by atoms with Crippen molar-refractivity contribution in [1.82, 2.24) is 0 Å². The van der Waals surface area contributed by atoms with E-state index in [-0.39, 0.29) is 5.41 Å². The molecule has 0 radical (unpaired) electrons. The molecule has 0 amide bonds. The summed E-state index contributed by atoms with van der Waals surface area (Å²) in [6, 6.07) is 26.9. The number of carbonyl (C=O) groups is 1. The normalized spacial score (nSPS) is 12.0. The molecule has 0 aromatic heterocycles. The molecule has 132 valence electrons. The molecule has 0 atom stereocenters. The quantitative estimate of drug-likeness (QED) is 0.643. The topological polar surface area (TPSA) is 37.3 Å². The molecule has 0 unspecified atom stereocenters. The van der Waals surface area contributed by atoms with Gasteiger partial charge in [0, 0.05) is 0 Å². The Morgan fingerprint density at radius 1 is 0.654 bits per heavy atom. The van der Waals surface area contributed by atoms with Crippen LogP contribution in [0.1, 0.15) is 43.0 Å². The highest BCUT2D eigenvalue weighted by molar-refractivity contribution is 5.91. The van der Waals surface area contributed by atoms with Gasteiger partial charge in [-0.05, 0) is 27.7 Å². The van der Waals surface area contributed by atoms with Crippen molar-refractivity contribution in [3.63, 3.8) is 0 Å². The van der Waals surface area contributed by atoms with Gasteiger partial charge in [-0.15, -0.1) is 0 Å². The summed E-state index contributed by atoms with van der Waals surface area (Å²) < 4.78 is 0. The van der Waals surface area contributed by atoms with E-state index in [1.807, 2.05) is 84.9 Å². The van der Waals surface area contributed by atoms with Crippen LogP contribution in [0, 0.1) is 0 Å². The molecule has 0 bridgehead atoms. The summed E-state index contributed by atoms with van der Waals surface area (Å²) in [7, 11) is 0. The Labute approximate surface area is 155 Å². The molecule has 1 N–H and O–H groups in total. The van der Waals surface area contributed by atoms with E-state index in [1.165, 1.54) is 0 Å². The third-order valence-corrected chi connectivity index (χ3v) is 4.87. The second kappa shape index (κ2) is 6.80. The first-order valence-corrected chi connectivity index (χ1v) is 8.83. The Morgan fingerprint density at radius 2 is 1.04 bits per heavy atom. The minimum Gasteiger partial charge on any atom is -0.480 e. The first-order valence-electron chi connectivity index (χ1n) is 8.83. The largest absolute Gasteiger partial charge is 0.480 e. The average Bonchev–Trinajstić information content (AvgIpc) is 2.63. The lowest BCUT2D eigenvalue weighted by atomic mass is 9.65. The number of aliphatic carboxylic acids is 1. The predicted molar refractivity (Wildman–Crippen MR) is 106 cm³/mol. The second-order valence-electron chi connectivity index (χ2n) is 7.58. The van der Waals surface area contributed by atoms with E-state index in [0.29, 0.717) is 0 Å². The Hall–Kier alpha value is -2.87. The number of benzene rings is 3. The summed E-state index contributed by atoms with van der Waals surface area (Å²) in [5.74, 6) is -0.869. The highest BCUT2D eigenvalue weighted by atomic mass is 16.4. The molecule has 3 rings (SSSR count). The molecular weight excluding hydrogens is 320 g/mol. The fourth-order valence-electron chi connectivity index (χ4n) is 3.68. The summed E-state index contributed by atoms with van der Waals surface area (Å²) in [6.07, 6.45) is 0. The molecule has 2 heteroatoms. The van der Waals surface area contributed by atoms with Crippen molar-refractivity contribution in [3.8, 4) is 0 Å². The summed E-state index contributed by atoms with van der Waals surface area (Å²) >= 11 is 0. The van der Waals surface area contributed by atoms with Crippen molar-refractivity contribution < 1.29 is 9.90 Å². The van der Waals surface area contributed by atoms with Crippen molar-refractivity contribution >= 4 is 5.97 Å². The van der Waals surface area contributed by atoms with Gasteiger partial charge in [-0.2, -0.15) is 0 Å². The third kappa shape index (κ3) is 2.92. The van der Waals surface area contributed by atoms with Gasteiger partial charge in [0.15, 0.2) is 0 Å². The monoisotopic (exact) mass is 344 g/mol. The van der Waals surface area contributed by atoms with Crippen LogP contribution in [-0.4, -0.2) is 11.1 Å². The molecule has 0 saturated heterocycles. The van der Waals surface area contributed by atoms with Crippen LogP contribution in [0.4, 0.5) is 0 Å². The summed E-state index contributed by atoms with van der Waals surface area (Å²) in [5, 5.41) is 10.6. The standard InChI is InChI=1S/C24H24O2/c1-23(2,3)20-16-10-11-17-21(20)24(22(25)26,18-12-6-4-7-13-18)19-14-8-5-9-15-19/h4-17H,1-3H3,(H,25,26). The molecule has 2 nitrogen and oxygen atoms in total. The highest BCUT2D eigenvalue weighted by Gasteiger charge is 2.46. The minimum absolute atomic E-state index is 0.180.